The molecule has 0 saturated heterocycles. The van der Waals surface area contributed by atoms with Crippen LogP contribution >= 0.6 is 17.2 Å². The zero-order valence-corrected chi connectivity index (χ0v) is 25.6. The molecule has 3 heterocycles. The predicted octanol–water partition coefficient (Wildman–Crippen LogP) is 8.98. The molecule has 0 radical (unpaired) electrons. The third-order valence-corrected chi connectivity index (χ3v) is 7.54. The van der Waals surface area contributed by atoms with Gasteiger partial charge < -0.3 is 32.2 Å². The maximum absolute atomic E-state index is 10.5. The van der Waals surface area contributed by atoms with Crippen molar-refractivity contribution in [3.05, 3.63) is 132 Å². The molecule has 43 heavy (non-hydrogen) atoms. The number of nitrogens with zero attached hydrogens (tertiary/aromatic N) is 2. The number of aromatic nitrogens is 2. The molecule has 1 aliphatic heterocycles. The Morgan fingerprint density at radius 2 is 1.44 bits per heavy atom. The van der Waals surface area contributed by atoms with Gasteiger partial charge >= 0.3 is 17.2 Å². The summed E-state index contributed by atoms with van der Waals surface area (Å²) in [6.45, 7) is 5.89. The summed E-state index contributed by atoms with van der Waals surface area (Å²) >= 11 is 0. The highest BCUT2D eigenvalue weighted by atomic mass is 31.2. The fourth-order valence-corrected chi connectivity index (χ4v) is 5.59. The molecular weight excluding hydrogens is 586 g/mol. The van der Waals surface area contributed by atoms with Crippen LogP contribution in [0.2, 0.25) is 0 Å². The fraction of sp³-hybridized carbons (Fsp3) is 0.125. The Morgan fingerprint density at radius 1 is 0.814 bits per heavy atom. The van der Waals surface area contributed by atoms with Crippen molar-refractivity contribution in [2.75, 3.05) is 0 Å². The van der Waals surface area contributed by atoms with Gasteiger partial charge in [-0.05, 0) is 69.3 Å². The van der Waals surface area contributed by atoms with E-state index in [1.54, 1.807) is 55.0 Å². The third-order valence-electron chi connectivity index (χ3n) is 5.75. The molecule has 0 spiro atoms. The van der Waals surface area contributed by atoms with Gasteiger partial charge in [-0.3, -0.25) is 9.97 Å². The Morgan fingerprint density at radius 3 is 2.02 bits per heavy atom. The SMILES string of the molecule is C/C=C\C=C(/C=C(C)C)OP(Oc1cccnc1)Oc1cccc2c1Oc1c(cccc1OP(O)Oc1cccnc1)C2. The minimum absolute atomic E-state index is 0.334. The van der Waals surface area contributed by atoms with E-state index in [2.05, 4.69) is 9.97 Å². The van der Waals surface area contributed by atoms with E-state index in [1.165, 1.54) is 6.20 Å². The van der Waals surface area contributed by atoms with Gasteiger partial charge in [-0.15, -0.1) is 0 Å². The lowest BCUT2D eigenvalue weighted by Gasteiger charge is -2.25. The molecule has 0 saturated carbocycles. The van der Waals surface area contributed by atoms with Crippen molar-refractivity contribution in [1.29, 1.82) is 0 Å². The van der Waals surface area contributed by atoms with Crippen molar-refractivity contribution < 1.29 is 32.2 Å². The van der Waals surface area contributed by atoms with Crippen molar-refractivity contribution in [2.45, 2.75) is 27.2 Å². The first kappa shape index (κ1) is 30.1. The molecule has 2 atom stereocenters. The lowest BCUT2D eigenvalue weighted by molar-refractivity contribution is 0.328. The largest absolute Gasteiger partial charge is 0.530 e. The Kier molecular flexibility index (Phi) is 10.2. The Balaban J connectivity index is 1.41. The van der Waals surface area contributed by atoms with Crippen LogP contribution < -0.4 is 22.8 Å². The summed E-state index contributed by atoms with van der Waals surface area (Å²) in [5.41, 5.74) is 2.84. The first-order valence-electron chi connectivity index (χ1n) is 13.4. The summed E-state index contributed by atoms with van der Waals surface area (Å²) in [4.78, 5) is 18.7. The van der Waals surface area contributed by atoms with Gasteiger partial charge in [0.15, 0.2) is 23.0 Å². The second-order valence-electron chi connectivity index (χ2n) is 9.38. The van der Waals surface area contributed by atoms with Crippen LogP contribution in [0.25, 0.3) is 0 Å². The minimum Gasteiger partial charge on any atom is -0.449 e. The standard InChI is InChI=1S/C32H30N2O7P2/c1-4-5-12-26(19-23(2)3)38-43(39-28-14-9-18-34-22-28)41-30-16-7-11-25-20-24-10-6-15-29(31(24)36-32(25)30)40-42(35)37-27-13-8-17-33-21-27/h4-19,21-22,35H,20H2,1-3H3/b5-4-,26-12+. The topological polar surface area (TPSA) is 101 Å². The molecule has 11 heteroatoms. The van der Waals surface area contributed by atoms with Crippen molar-refractivity contribution in [3.63, 3.8) is 0 Å². The van der Waals surface area contributed by atoms with Crippen molar-refractivity contribution in [2.24, 2.45) is 0 Å². The number of allylic oxidation sites excluding steroid dienone is 5. The molecule has 0 amide bonds. The molecule has 2 aromatic heterocycles. The predicted molar refractivity (Wildman–Crippen MR) is 166 cm³/mol. The van der Waals surface area contributed by atoms with Crippen LogP contribution in [0, 0.1) is 0 Å². The number of benzene rings is 2. The van der Waals surface area contributed by atoms with E-state index in [0.29, 0.717) is 46.7 Å². The monoisotopic (exact) mass is 616 g/mol. The number of pyridine rings is 2. The minimum atomic E-state index is -2.30. The van der Waals surface area contributed by atoms with Crippen molar-refractivity contribution >= 4 is 17.2 Å². The molecule has 5 rings (SSSR count). The van der Waals surface area contributed by atoms with Crippen LogP contribution in [0.4, 0.5) is 0 Å². The number of rotatable bonds is 12. The van der Waals surface area contributed by atoms with E-state index in [-0.39, 0.29) is 0 Å². The molecule has 1 N–H and O–H groups in total. The first-order valence-corrected chi connectivity index (χ1v) is 15.6. The Labute approximate surface area is 253 Å². The zero-order chi connectivity index (χ0) is 30.0. The van der Waals surface area contributed by atoms with Crippen LogP contribution in [0.3, 0.4) is 0 Å². The van der Waals surface area contributed by atoms with Crippen LogP contribution in [0.5, 0.6) is 34.5 Å². The zero-order valence-electron chi connectivity index (χ0n) is 23.8. The highest BCUT2D eigenvalue weighted by Crippen LogP contribution is 2.52. The van der Waals surface area contributed by atoms with E-state index in [9.17, 15) is 4.89 Å². The van der Waals surface area contributed by atoms with Crippen LogP contribution in [-0.4, -0.2) is 14.9 Å². The summed E-state index contributed by atoms with van der Waals surface area (Å²) in [6.07, 6.45) is 14.5. The Bertz CT molecular complexity index is 1610. The van der Waals surface area contributed by atoms with Crippen molar-refractivity contribution in [1.82, 2.24) is 9.97 Å². The number of para-hydroxylation sites is 2. The lowest BCUT2D eigenvalue weighted by Crippen LogP contribution is -2.07. The maximum atomic E-state index is 10.5. The molecule has 0 fully saturated rings. The summed E-state index contributed by atoms with van der Waals surface area (Å²) in [6, 6.07) is 18.1. The van der Waals surface area contributed by atoms with Crippen LogP contribution in [0.15, 0.2) is 121 Å². The first-order chi connectivity index (χ1) is 21.0. The molecule has 2 unspecified atom stereocenters. The summed E-state index contributed by atoms with van der Waals surface area (Å²) < 4.78 is 36.5. The van der Waals surface area contributed by atoms with Gasteiger partial charge in [-0.1, -0.05) is 42.0 Å². The lowest BCUT2D eigenvalue weighted by atomic mass is 10.00. The highest BCUT2D eigenvalue weighted by molar-refractivity contribution is 7.42. The van der Waals surface area contributed by atoms with E-state index in [1.807, 2.05) is 69.3 Å². The average molecular weight is 617 g/mol. The van der Waals surface area contributed by atoms with Crippen LogP contribution in [-0.2, 0) is 10.9 Å². The molecule has 9 nitrogen and oxygen atoms in total. The van der Waals surface area contributed by atoms with Gasteiger partial charge in [0.1, 0.15) is 17.3 Å². The second-order valence-corrected chi connectivity index (χ2v) is 11.2. The smallest absolute Gasteiger partial charge is 0.449 e. The van der Waals surface area contributed by atoms with Gasteiger partial charge in [0, 0.05) is 29.9 Å². The fourth-order valence-electron chi connectivity index (χ4n) is 3.97. The van der Waals surface area contributed by atoms with Gasteiger partial charge in [0.05, 0.1) is 12.4 Å². The number of hydrogen-bond donors (Lipinski definition) is 1. The van der Waals surface area contributed by atoms with Crippen LogP contribution in [0.1, 0.15) is 31.9 Å². The summed E-state index contributed by atoms with van der Waals surface area (Å²) in [5.74, 6) is 3.17. The van der Waals surface area contributed by atoms with Gasteiger partial charge in [-0.25, -0.2) is 0 Å². The second kappa shape index (κ2) is 14.7. The number of fused-ring (bicyclic) bond motifs is 2. The summed E-state index contributed by atoms with van der Waals surface area (Å²) in [7, 11) is -4.29. The molecule has 2 aromatic carbocycles. The quantitative estimate of drug-likeness (QED) is 0.0836. The number of ether oxygens (including phenoxy) is 1. The normalized spacial score (nSPS) is 13.5. The summed E-state index contributed by atoms with van der Waals surface area (Å²) in [5, 5.41) is 0. The number of hydrogen-bond acceptors (Lipinski definition) is 9. The molecule has 4 aromatic rings. The van der Waals surface area contributed by atoms with Gasteiger partial charge in [0.2, 0.25) is 0 Å². The van der Waals surface area contributed by atoms with E-state index in [4.69, 9.17) is 27.4 Å². The maximum Gasteiger partial charge on any atom is 0.530 e. The third kappa shape index (κ3) is 8.33. The van der Waals surface area contributed by atoms with Gasteiger partial charge in [0.25, 0.3) is 0 Å². The molecule has 0 aliphatic carbocycles. The molecule has 0 bridgehead atoms. The van der Waals surface area contributed by atoms with Crippen molar-refractivity contribution in [3.8, 4) is 34.5 Å². The molecule has 220 valence electrons. The molecular formula is C32H30N2O7P2. The Hall–Kier alpha value is -4.42. The molecule has 1 aliphatic rings. The van der Waals surface area contributed by atoms with E-state index >= 15 is 0 Å². The van der Waals surface area contributed by atoms with Gasteiger partial charge in [-0.2, -0.15) is 0 Å². The van der Waals surface area contributed by atoms with E-state index < -0.39 is 17.2 Å². The average Bonchev–Trinajstić information content (AvgIpc) is 3.00. The highest BCUT2D eigenvalue weighted by Gasteiger charge is 2.29. The van der Waals surface area contributed by atoms with E-state index in [0.717, 1.165) is 16.7 Å².